The molecule has 92 valence electrons. The zero-order valence-corrected chi connectivity index (χ0v) is 11.3. The molecule has 0 saturated carbocycles. The number of rotatable bonds is 4. The van der Waals surface area contributed by atoms with Gasteiger partial charge in [0.2, 0.25) is 10.0 Å². The van der Waals surface area contributed by atoms with Gasteiger partial charge in [-0.2, -0.15) is 5.26 Å². The fourth-order valence-electron chi connectivity index (χ4n) is 1.18. The summed E-state index contributed by atoms with van der Waals surface area (Å²) in [7, 11) is -3.89. The summed E-state index contributed by atoms with van der Waals surface area (Å²) in [5, 5.41) is 7.50. The largest absolute Gasteiger partial charge is 0.279 e. The molecule has 17 heavy (non-hydrogen) atoms. The van der Waals surface area contributed by atoms with Crippen LogP contribution in [-0.2, 0) is 10.0 Å². The number of halogens is 2. The van der Waals surface area contributed by atoms with Crippen LogP contribution in [0.1, 0.15) is 13.3 Å². The van der Waals surface area contributed by atoms with E-state index < -0.39 is 21.1 Å². The second-order valence-electron chi connectivity index (χ2n) is 3.30. The highest BCUT2D eigenvalue weighted by Crippen LogP contribution is 2.22. The maximum Gasteiger partial charge on any atom is 0.249 e. The molecular weight excluding hydrogens is 311 g/mol. The summed E-state index contributed by atoms with van der Waals surface area (Å²) in [4.78, 5) is 0. The number of hydrogen-bond acceptors (Lipinski definition) is 3. The van der Waals surface area contributed by atoms with Crippen LogP contribution in [0.5, 0.6) is 0 Å². The quantitative estimate of drug-likeness (QED) is 0.927. The Labute approximate surface area is 108 Å². The van der Waals surface area contributed by atoms with Crippen molar-refractivity contribution in [3.63, 3.8) is 0 Å². The minimum Gasteiger partial charge on any atom is -0.279 e. The summed E-state index contributed by atoms with van der Waals surface area (Å²) >= 11 is 3.11. The molecule has 1 rings (SSSR count). The van der Waals surface area contributed by atoms with Gasteiger partial charge in [0.15, 0.2) is 5.25 Å². The van der Waals surface area contributed by atoms with Crippen LogP contribution in [0.2, 0.25) is 0 Å². The minimum atomic E-state index is -3.89. The van der Waals surface area contributed by atoms with Crippen LogP contribution in [0.25, 0.3) is 0 Å². The van der Waals surface area contributed by atoms with Crippen LogP contribution in [0, 0.1) is 17.1 Å². The fraction of sp³-hybridized carbons (Fsp3) is 0.300. The maximum absolute atomic E-state index is 13.3. The lowest BCUT2D eigenvalue weighted by Gasteiger charge is -2.11. The van der Waals surface area contributed by atoms with Gasteiger partial charge in [0.25, 0.3) is 0 Å². The molecule has 1 aromatic rings. The second-order valence-corrected chi connectivity index (χ2v) is 6.08. The van der Waals surface area contributed by atoms with Gasteiger partial charge in [-0.05, 0) is 24.6 Å². The Morgan fingerprint density at radius 3 is 2.76 bits per heavy atom. The Hall–Kier alpha value is -1.13. The number of hydrogen-bond donors (Lipinski definition) is 1. The number of anilines is 1. The standard InChI is InChI=1S/C10H10BrFN2O2S/c1-2-8(6-13)17(15,16)14-10-5-7(11)3-4-9(10)12/h3-5,8,14H,2H2,1H3. The summed E-state index contributed by atoms with van der Waals surface area (Å²) < 4.78 is 39.4. The van der Waals surface area contributed by atoms with Crippen molar-refractivity contribution in [3.05, 3.63) is 28.5 Å². The predicted molar refractivity (Wildman–Crippen MR) is 66.3 cm³/mol. The summed E-state index contributed by atoms with van der Waals surface area (Å²) in [5.74, 6) is -0.690. The molecule has 0 spiro atoms. The molecule has 7 heteroatoms. The van der Waals surface area contributed by atoms with Gasteiger partial charge in [-0.1, -0.05) is 22.9 Å². The molecule has 0 fully saturated rings. The molecule has 1 atom stereocenters. The average molecular weight is 321 g/mol. The van der Waals surface area contributed by atoms with Gasteiger partial charge < -0.3 is 0 Å². The monoisotopic (exact) mass is 320 g/mol. The van der Waals surface area contributed by atoms with E-state index in [1.54, 1.807) is 13.0 Å². The van der Waals surface area contributed by atoms with Gasteiger partial charge in [-0.3, -0.25) is 4.72 Å². The van der Waals surface area contributed by atoms with Crippen molar-refractivity contribution in [2.24, 2.45) is 0 Å². The average Bonchev–Trinajstić information content (AvgIpc) is 2.24. The van der Waals surface area contributed by atoms with E-state index in [9.17, 15) is 12.8 Å². The molecule has 0 radical (unpaired) electrons. The number of benzene rings is 1. The van der Waals surface area contributed by atoms with E-state index in [0.29, 0.717) is 4.47 Å². The Bertz CT molecular complexity index is 554. The van der Waals surface area contributed by atoms with Crippen LogP contribution in [0.4, 0.5) is 10.1 Å². The van der Waals surface area contributed by atoms with Gasteiger partial charge in [0.1, 0.15) is 5.82 Å². The van der Waals surface area contributed by atoms with Crippen LogP contribution in [0.15, 0.2) is 22.7 Å². The van der Waals surface area contributed by atoms with E-state index in [0.717, 1.165) is 6.07 Å². The van der Waals surface area contributed by atoms with Gasteiger partial charge >= 0.3 is 0 Å². The molecule has 4 nitrogen and oxygen atoms in total. The number of nitrogens with one attached hydrogen (secondary N) is 1. The lowest BCUT2D eigenvalue weighted by molar-refractivity contribution is 0.590. The molecule has 0 heterocycles. The maximum atomic E-state index is 13.3. The smallest absolute Gasteiger partial charge is 0.249 e. The highest BCUT2D eigenvalue weighted by molar-refractivity contribution is 9.10. The normalized spacial score (nSPS) is 12.8. The lowest BCUT2D eigenvalue weighted by Crippen LogP contribution is -2.26. The Kier molecular flexibility index (Phi) is 4.48. The first-order valence-electron chi connectivity index (χ1n) is 4.77. The van der Waals surface area contributed by atoms with Crippen molar-refractivity contribution in [2.75, 3.05) is 4.72 Å². The molecular formula is C10H10BrFN2O2S. The molecule has 1 N–H and O–H groups in total. The first kappa shape index (κ1) is 13.9. The van der Waals surface area contributed by atoms with E-state index in [-0.39, 0.29) is 12.1 Å². The number of nitrogens with zero attached hydrogens (tertiary/aromatic N) is 1. The van der Waals surface area contributed by atoms with E-state index >= 15 is 0 Å². The van der Waals surface area contributed by atoms with Crippen molar-refractivity contribution in [3.8, 4) is 6.07 Å². The van der Waals surface area contributed by atoms with Gasteiger partial charge in [-0.25, -0.2) is 12.8 Å². The molecule has 0 amide bonds. The summed E-state index contributed by atoms with van der Waals surface area (Å²) in [6.45, 7) is 1.57. The summed E-state index contributed by atoms with van der Waals surface area (Å²) in [6.07, 6.45) is 0.140. The second kappa shape index (κ2) is 5.47. The summed E-state index contributed by atoms with van der Waals surface area (Å²) in [6, 6.07) is 5.55. The van der Waals surface area contributed by atoms with E-state index in [1.165, 1.54) is 12.1 Å². The SMILES string of the molecule is CCC(C#N)S(=O)(=O)Nc1cc(Br)ccc1F. The zero-order valence-electron chi connectivity index (χ0n) is 8.94. The topological polar surface area (TPSA) is 70.0 Å². The van der Waals surface area contributed by atoms with Crippen LogP contribution < -0.4 is 4.72 Å². The minimum absolute atomic E-state index is 0.140. The van der Waals surface area contributed by atoms with E-state index in [1.807, 2.05) is 0 Å². The van der Waals surface area contributed by atoms with E-state index in [4.69, 9.17) is 5.26 Å². The van der Waals surface area contributed by atoms with Crippen molar-refractivity contribution in [1.29, 1.82) is 5.26 Å². The van der Waals surface area contributed by atoms with Crippen molar-refractivity contribution >= 4 is 31.6 Å². The molecule has 0 aliphatic rings. The van der Waals surface area contributed by atoms with Crippen LogP contribution in [0.3, 0.4) is 0 Å². The Balaban J connectivity index is 3.06. The third kappa shape index (κ3) is 3.41. The van der Waals surface area contributed by atoms with Crippen molar-refractivity contribution in [1.82, 2.24) is 0 Å². The highest BCUT2D eigenvalue weighted by Gasteiger charge is 2.24. The molecule has 0 aliphatic heterocycles. The van der Waals surface area contributed by atoms with Crippen LogP contribution >= 0.6 is 15.9 Å². The third-order valence-electron chi connectivity index (χ3n) is 2.07. The van der Waals surface area contributed by atoms with Gasteiger partial charge in [0, 0.05) is 4.47 Å². The van der Waals surface area contributed by atoms with Gasteiger partial charge in [-0.15, -0.1) is 0 Å². The van der Waals surface area contributed by atoms with E-state index in [2.05, 4.69) is 20.7 Å². The molecule has 0 aromatic heterocycles. The van der Waals surface area contributed by atoms with Gasteiger partial charge in [0.05, 0.1) is 11.8 Å². The Morgan fingerprint density at radius 2 is 2.24 bits per heavy atom. The zero-order chi connectivity index (χ0) is 13.1. The Morgan fingerprint density at radius 1 is 1.59 bits per heavy atom. The molecule has 1 unspecified atom stereocenters. The number of sulfonamides is 1. The lowest BCUT2D eigenvalue weighted by atomic mass is 10.3. The van der Waals surface area contributed by atoms with Crippen molar-refractivity contribution in [2.45, 2.75) is 18.6 Å². The van der Waals surface area contributed by atoms with Crippen LogP contribution in [-0.4, -0.2) is 13.7 Å². The molecule has 0 aliphatic carbocycles. The summed E-state index contributed by atoms with van der Waals surface area (Å²) in [5.41, 5.74) is -0.173. The molecule has 1 aromatic carbocycles. The van der Waals surface area contributed by atoms with Crippen molar-refractivity contribution < 1.29 is 12.8 Å². The molecule has 0 saturated heterocycles. The fourth-order valence-corrected chi connectivity index (χ4v) is 2.72. The number of nitriles is 1. The first-order chi connectivity index (χ1) is 7.90. The predicted octanol–water partition coefficient (Wildman–Crippen LogP) is 2.63. The third-order valence-corrected chi connectivity index (χ3v) is 4.26. The highest BCUT2D eigenvalue weighted by atomic mass is 79.9. The molecule has 0 bridgehead atoms. The first-order valence-corrected chi connectivity index (χ1v) is 7.11.